The van der Waals surface area contributed by atoms with Crippen LogP contribution in [0.15, 0.2) is 0 Å². The highest BCUT2D eigenvalue weighted by atomic mass is 16.5. The predicted octanol–water partition coefficient (Wildman–Crippen LogP) is 0.268. The fraction of sp³-hybridized carbons (Fsp3) is 0.889. The molecule has 4 nitrogen and oxygen atoms in total. The van der Waals surface area contributed by atoms with Crippen LogP contribution in [0.25, 0.3) is 0 Å². The minimum atomic E-state index is -0.108. The molecule has 0 aromatic carbocycles. The van der Waals surface area contributed by atoms with E-state index in [9.17, 15) is 4.79 Å². The molecule has 0 saturated heterocycles. The first-order valence-corrected chi connectivity index (χ1v) is 4.87. The van der Waals surface area contributed by atoms with E-state index < -0.39 is 0 Å². The van der Waals surface area contributed by atoms with Crippen LogP contribution in [0.5, 0.6) is 0 Å². The first-order valence-electron chi connectivity index (χ1n) is 4.87. The fourth-order valence-electron chi connectivity index (χ4n) is 0.943. The summed E-state index contributed by atoms with van der Waals surface area (Å²) in [6, 6.07) is 0. The summed E-state index contributed by atoms with van der Waals surface area (Å²) in [7, 11) is 0. The van der Waals surface area contributed by atoms with Gasteiger partial charge in [-0.25, -0.2) is 0 Å². The number of hydrogen-bond acceptors (Lipinski definition) is 4. The normalized spacial score (nSPS) is 10.0. The van der Waals surface area contributed by atoms with Crippen molar-refractivity contribution in [3.05, 3.63) is 0 Å². The van der Waals surface area contributed by atoms with E-state index in [1.807, 2.05) is 6.92 Å². The molecular formula is C9H20N2O2. The van der Waals surface area contributed by atoms with Crippen molar-refractivity contribution in [2.75, 3.05) is 26.2 Å². The van der Waals surface area contributed by atoms with Crippen LogP contribution in [0.1, 0.15) is 26.2 Å². The Hall–Kier alpha value is -0.610. The monoisotopic (exact) mass is 188 g/mol. The van der Waals surface area contributed by atoms with Gasteiger partial charge in [-0.15, -0.1) is 0 Å². The number of hydrogen-bond donors (Lipinski definition) is 2. The third-order valence-corrected chi connectivity index (χ3v) is 1.60. The van der Waals surface area contributed by atoms with Crippen molar-refractivity contribution in [1.29, 1.82) is 0 Å². The van der Waals surface area contributed by atoms with Gasteiger partial charge in [0, 0.05) is 6.42 Å². The SMILES string of the molecule is CCOC(=O)CCCNCCCN. The Kier molecular flexibility index (Phi) is 9.03. The molecule has 0 radical (unpaired) electrons. The van der Waals surface area contributed by atoms with Gasteiger partial charge in [-0.05, 0) is 39.4 Å². The van der Waals surface area contributed by atoms with Crippen LogP contribution in [-0.4, -0.2) is 32.2 Å². The number of carbonyl (C=O) groups is 1. The summed E-state index contributed by atoms with van der Waals surface area (Å²) in [4.78, 5) is 10.9. The maximum atomic E-state index is 10.9. The van der Waals surface area contributed by atoms with Gasteiger partial charge in [-0.1, -0.05) is 0 Å². The van der Waals surface area contributed by atoms with Gasteiger partial charge >= 0.3 is 5.97 Å². The lowest BCUT2D eigenvalue weighted by Gasteiger charge is -2.03. The van der Waals surface area contributed by atoms with Gasteiger partial charge in [0.2, 0.25) is 0 Å². The molecule has 0 aliphatic carbocycles. The highest BCUT2D eigenvalue weighted by Crippen LogP contribution is 1.90. The fourth-order valence-corrected chi connectivity index (χ4v) is 0.943. The van der Waals surface area contributed by atoms with Crippen LogP contribution in [0.4, 0.5) is 0 Å². The third-order valence-electron chi connectivity index (χ3n) is 1.60. The maximum absolute atomic E-state index is 10.9. The molecule has 0 bridgehead atoms. The summed E-state index contributed by atoms with van der Waals surface area (Å²) < 4.78 is 4.78. The molecule has 4 heteroatoms. The molecule has 0 spiro atoms. The van der Waals surface area contributed by atoms with Gasteiger partial charge in [0.25, 0.3) is 0 Å². The van der Waals surface area contributed by atoms with E-state index in [2.05, 4.69) is 5.32 Å². The second-order valence-corrected chi connectivity index (χ2v) is 2.80. The summed E-state index contributed by atoms with van der Waals surface area (Å²) in [6.45, 7) is 4.79. The van der Waals surface area contributed by atoms with Crippen LogP contribution < -0.4 is 11.1 Å². The molecule has 0 atom stereocenters. The van der Waals surface area contributed by atoms with E-state index in [0.29, 0.717) is 19.6 Å². The lowest BCUT2D eigenvalue weighted by molar-refractivity contribution is -0.143. The molecule has 0 rings (SSSR count). The minimum absolute atomic E-state index is 0.108. The van der Waals surface area contributed by atoms with E-state index in [4.69, 9.17) is 10.5 Å². The molecule has 0 aliphatic rings. The third kappa shape index (κ3) is 9.30. The number of ether oxygens (including phenoxy) is 1. The molecular weight excluding hydrogens is 168 g/mol. The molecule has 0 unspecified atom stereocenters. The Bertz CT molecular complexity index is 129. The average molecular weight is 188 g/mol. The van der Waals surface area contributed by atoms with Crippen LogP contribution in [0.3, 0.4) is 0 Å². The Morgan fingerprint density at radius 3 is 2.69 bits per heavy atom. The smallest absolute Gasteiger partial charge is 0.305 e. The first kappa shape index (κ1) is 12.4. The topological polar surface area (TPSA) is 64.3 Å². The summed E-state index contributed by atoms with van der Waals surface area (Å²) >= 11 is 0. The predicted molar refractivity (Wildman–Crippen MR) is 52.4 cm³/mol. The quantitative estimate of drug-likeness (QED) is 0.424. The summed E-state index contributed by atoms with van der Waals surface area (Å²) in [5.74, 6) is -0.108. The second kappa shape index (κ2) is 9.48. The van der Waals surface area contributed by atoms with Crippen molar-refractivity contribution in [2.45, 2.75) is 26.2 Å². The second-order valence-electron chi connectivity index (χ2n) is 2.80. The molecule has 0 heterocycles. The average Bonchev–Trinajstić information content (AvgIpc) is 2.11. The minimum Gasteiger partial charge on any atom is -0.466 e. The zero-order valence-corrected chi connectivity index (χ0v) is 8.34. The van der Waals surface area contributed by atoms with Gasteiger partial charge in [0.15, 0.2) is 0 Å². The molecule has 13 heavy (non-hydrogen) atoms. The first-order chi connectivity index (χ1) is 6.31. The zero-order valence-electron chi connectivity index (χ0n) is 8.34. The van der Waals surface area contributed by atoms with Crippen molar-refractivity contribution in [3.63, 3.8) is 0 Å². The number of nitrogens with two attached hydrogens (primary N) is 1. The number of carbonyl (C=O) groups excluding carboxylic acids is 1. The van der Waals surface area contributed by atoms with Gasteiger partial charge in [0.05, 0.1) is 6.61 Å². The molecule has 0 aromatic rings. The van der Waals surface area contributed by atoms with Crippen molar-refractivity contribution in [1.82, 2.24) is 5.32 Å². The lowest BCUT2D eigenvalue weighted by atomic mass is 10.3. The molecule has 0 amide bonds. The Morgan fingerprint density at radius 2 is 2.08 bits per heavy atom. The molecule has 0 fully saturated rings. The van der Waals surface area contributed by atoms with Crippen molar-refractivity contribution >= 4 is 5.97 Å². The molecule has 78 valence electrons. The van der Waals surface area contributed by atoms with E-state index in [-0.39, 0.29) is 5.97 Å². The van der Waals surface area contributed by atoms with Gasteiger partial charge < -0.3 is 15.8 Å². The maximum Gasteiger partial charge on any atom is 0.305 e. The van der Waals surface area contributed by atoms with Crippen LogP contribution >= 0.6 is 0 Å². The van der Waals surface area contributed by atoms with E-state index in [1.54, 1.807) is 0 Å². The van der Waals surface area contributed by atoms with E-state index in [1.165, 1.54) is 0 Å². The molecule has 0 aliphatic heterocycles. The summed E-state index contributed by atoms with van der Waals surface area (Å²) in [6.07, 6.45) is 2.33. The van der Waals surface area contributed by atoms with Crippen molar-refractivity contribution in [3.8, 4) is 0 Å². The zero-order chi connectivity index (χ0) is 9.94. The van der Waals surface area contributed by atoms with Crippen LogP contribution in [0, 0.1) is 0 Å². The number of nitrogens with one attached hydrogen (secondary N) is 1. The molecule has 0 aromatic heterocycles. The molecule has 3 N–H and O–H groups in total. The van der Waals surface area contributed by atoms with Gasteiger partial charge in [-0.3, -0.25) is 4.79 Å². The summed E-state index contributed by atoms with van der Waals surface area (Å²) in [5.41, 5.74) is 5.32. The van der Waals surface area contributed by atoms with Gasteiger partial charge in [0.1, 0.15) is 0 Å². The Labute approximate surface area is 79.8 Å². The lowest BCUT2D eigenvalue weighted by Crippen LogP contribution is -2.20. The van der Waals surface area contributed by atoms with Crippen molar-refractivity contribution < 1.29 is 9.53 Å². The Balaban J connectivity index is 3.02. The van der Waals surface area contributed by atoms with Gasteiger partial charge in [-0.2, -0.15) is 0 Å². The number of esters is 1. The highest BCUT2D eigenvalue weighted by Gasteiger charge is 1.99. The van der Waals surface area contributed by atoms with Crippen LogP contribution in [-0.2, 0) is 9.53 Å². The Morgan fingerprint density at radius 1 is 1.38 bits per heavy atom. The largest absolute Gasteiger partial charge is 0.466 e. The highest BCUT2D eigenvalue weighted by molar-refractivity contribution is 5.69. The van der Waals surface area contributed by atoms with Crippen molar-refractivity contribution in [2.24, 2.45) is 5.73 Å². The molecule has 0 saturated carbocycles. The van der Waals surface area contributed by atoms with E-state index in [0.717, 1.165) is 25.9 Å². The summed E-state index contributed by atoms with van der Waals surface area (Å²) in [5, 5.41) is 3.20. The van der Waals surface area contributed by atoms with Crippen LogP contribution in [0.2, 0.25) is 0 Å². The number of rotatable bonds is 8. The van der Waals surface area contributed by atoms with E-state index >= 15 is 0 Å². The standard InChI is InChI=1S/C9H20N2O2/c1-2-13-9(12)5-3-7-11-8-4-6-10/h11H,2-8,10H2,1H3.